The van der Waals surface area contributed by atoms with Crippen LogP contribution < -0.4 is 5.32 Å². The molecule has 0 amide bonds. The van der Waals surface area contributed by atoms with Gasteiger partial charge in [0.05, 0.1) is 6.10 Å². The zero-order valence-corrected chi connectivity index (χ0v) is 10.9. The minimum atomic E-state index is 0.434. The zero-order chi connectivity index (χ0) is 12.1. The first kappa shape index (κ1) is 12.6. The zero-order valence-electron chi connectivity index (χ0n) is 10.9. The van der Waals surface area contributed by atoms with Crippen LogP contribution >= 0.6 is 0 Å². The van der Waals surface area contributed by atoms with Gasteiger partial charge in [0.2, 0.25) is 0 Å². The smallest absolute Gasteiger partial charge is 0.0594 e. The summed E-state index contributed by atoms with van der Waals surface area (Å²) in [6.45, 7) is 6.24. The Morgan fingerprint density at radius 1 is 1.35 bits per heavy atom. The maximum atomic E-state index is 5.73. The topological polar surface area (TPSA) is 21.3 Å². The quantitative estimate of drug-likeness (QED) is 0.843. The number of rotatable bonds is 5. The molecular weight excluding hydrogens is 210 g/mol. The van der Waals surface area contributed by atoms with Gasteiger partial charge in [0, 0.05) is 12.6 Å². The Labute approximate surface area is 104 Å². The lowest BCUT2D eigenvalue weighted by atomic mass is 9.98. The molecule has 1 N–H and O–H groups in total. The van der Waals surface area contributed by atoms with Crippen LogP contribution in [0, 0.1) is 6.92 Å². The van der Waals surface area contributed by atoms with Gasteiger partial charge >= 0.3 is 0 Å². The van der Waals surface area contributed by atoms with Crippen LogP contribution in [-0.2, 0) is 4.74 Å². The summed E-state index contributed by atoms with van der Waals surface area (Å²) >= 11 is 0. The monoisotopic (exact) mass is 233 g/mol. The van der Waals surface area contributed by atoms with Crippen LogP contribution in [0.25, 0.3) is 0 Å². The molecule has 0 aliphatic carbocycles. The molecule has 17 heavy (non-hydrogen) atoms. The predicted octanol–water partition coefficient (Wildman–Crippen LogP) is 3.21. The molecule has 2 rings (SSSR count). The van der Waals surface area contributed by atoms with E-state index in [1.54, 1.807) is 0 Å². The number of hydrogen-bond donors (Lipinski definition) is 1. The van der Waals surface area contributed by atoms with Crippen molar-refractivity contribution in [1.82, 2.24) is 5.32 Å². The third kappa shape index (κ3) is 3.55. The van der Waals surface area contributed by atoms with E-state index in [0.717, 1.165) is 19.6 Å². The van der Waals surface area contributed by atoms with E-state index in [1.165, 1.54) is 24.0 Å². The summed E-state index contributed by atoms with van der Waals surface area (Å²) in [5.41, 5.74) is 2.70. The van der Waals surface area contributed by atoms with Gasteiger partial charge in [-0.1, -0.05) is 36.8 Å². The molecule has 1 aliphatic heterocycles. The van der Waals surface area contributed by atoms with Gasteiger partial charge in [0.15, 0.2) is 0 Å². The lowest BCUT2D eigenvalue weighted by molar-refractivity contribution is 0.0947. The van der Waals surface area contributed by atoms with Crippen molar-refractivity contribution >= 4 is 0 Å². The predicted molar refractivity (Wildman–Crippen MR) is 71.2 cm³/mol. The molecule has 1 heterocycles. The Morgan fingerprint density at radius 2 is 2.12 bits per heavy atom. The van der Waals surface area contributed by atoms with Crippen molar-refractivity contribution in [3.8, 4) is 0 Å². The third-order valence-electron chi connectivity index (χ3n) is 3.45. The molecule has 2 unspecified atom stereocenters. The number of benzene rings is 1. The fourth-order valence-electron chi connectivity index (χ4n) is 2.48. The molecule has 1 aromatic rings. The summed E-state index contributed by atoms with van der Waals surface area (Å²) in [5.74, 6) is 0. The Hall–Kier alpha value is -0.860. The second kappa shape index (κ2) is 6.18. The molecule has 1 saturated heterocycles. The molecule has 2 nitrogen and oxygen atoms in total. The van der Waals surface area contributed by atoms with Crippen LogP contribution in [0.3, 0.4) is 0 Å². The molecule has 2 heteroatoms. The SMILES string of the molecule is CCNC(CC1CCCO1)c1ccc(C)cc1. The lowest BCUT2D eigenvalue weighted by Crippen LogP contribution is -2.25. The van der Waals surface area contributed by atoms with E-state index in [2.05, 4.69) is 43.4 Å². The highest BCUT2D eigenvalue weighted by atomic mass is 16.5. The fraction of sp³-hybridized carbons (Fsp3) is 0.600. The second-order valence-corrected chi connectivity index (χ2v) is 4.89. The largest absolute Gasteiger partial charge is 0.378 e. The highest BCUT2D eigenvalue weighted by Crippen LogP contribution is 2.25. The summed E-state index contributed by atoms with van der Waals surface area (Å²) in [5, 5.41) is 3.57. The van der Waals surface area contributed by atoms with Crippen LogP contribution in [0.2, 0.25) is 0 Å². The number of ether oxygens (including phenoxy) is 1. The van der Waals surface area contributed by atoms with E-state index < -0.39 is 0 Å². The van der Waals surface area contributed by atoms with Gasteiger partial charge in [-0.15, -0.1) is 0 Å². The van der Waals surface area contributed by atoms with Crippen molar-refractivity contribution in [3.63, 3.8) is 0 Å². The molecule has 1 aromatic carbocycles. The normalized spacial score (nSPS) is 21.6. The second-order valence-electron chi connectivity index (χ2n) is 4.89. The van der Waals surface area contributed by atoms with Crippen LogP contribution in [0.5, 0.6) is 0 Å². The first-order valence-corrected chi connectivity index (χ1v) is 6.71. The summed E-state index contributed by atoms with van der Waals surface area (Å²) in [6, 6.07) is 9.28. The average molecular weight is 233 g/mol. The van der Waals surface area contributed by atoms with Gasteiger partial charge in [0.1, 0.15) is 0 Å². The average Bonchev–Trinajstić information content (AvgIpc) is 2.82. The maximum Gasteiger partial charge on any atom is 0.0594 e. The summed E-state index contributed by atoms with van der Waals surface area (Å²) in [7, 11) is 0. The molecule has 2 atom stereocenters. The molecule has 1 aliphatic rings. The highest BCUT2D eigenvalue weighted by molar-refractivity contribution is 5.24. The van der Waals surface area contributed by atoms with Gasteiger partial charge in [0.25, 0.3) is 0 Å². The number of hydrogen-bond acceptors (Lipinski definition) is 2. The number of aryl methyl sites for hydroxylation is 1. The van der Waals surface area contributed by atoms with E-state index in [9.17, 15) is 0 Å². The standard InChI is InChI=1S/C15H23NO/c1-3-16-15(11-14-5-4-10-17-14)13-8-6-12(2)7-9-13/h6-9,14-16H,3-5,10-11H2,1-2H3. The van der Waals surface area contributed by atoms with E-state index >= 15 is 0 Å². The minimum absolute atomic E-state index is 0.434. The molecule has 0 saturated carbocycles. The van der Waals surface area contributed by atoms with E-state index in [0.29, 0.717) is 12.1 Å². The van der Waals surface area contributed by atoms with Crippen LogP contribution in [0.4, 0.5) is 0 Å². The summed E-state index contributed by atoms with van der Waals surface area (Å²) in [4.78, 5) is 0. The van der Waals surface area contributed by atoms with Crippen LogP contribution in [0.15, 0.2) is 24.3 Å². The first-order chi connectivity index (χ1) is 8.29. The van der Waals surface area contributed by atoms with Gasteiger partial charge in [-0.2, -0.15) is 0 Å². The van der Waals surface area contributed by atoms with Crippen molar-refractivity contribution in [3.05, 3.63) is 35.4 Å². The lowest BCUT2D eigenvalue weighted by Gasteiger charge is -2.21. The summed E-state index contributed by atoms with van der Waals surface area (Å²) < 4.78 is 5.73. The molecule has 94 valence electrons. The molecule has 0 aromatic heterocycles. The van der Waals surface area contributed by atoms with E-state index in [1.807, 2.05) is 0 Å². The fourth-order valence-corrected chi connectivity index (χ4v) is 2.48. The Morgan fingerprint density at radius 3 is 2.71 bits per heavy atom. The Kier molecular flexibility index (Phi) is 4.57. The Bertz CT molecular complexity index is 327. The molecule has 1 fully saturated rings. The maximum absolute atomic E-state index is 5.73. The van der Waals surface area contributed by atoms with E-state index in [-0.39, 0.29) is 0 Å². The van der Waals surface area contributed by atoms with Crippen molar-refractivity contribution in [2.75, 3.05) is 13.2 Å². The molecular formula is C15H23NO. The molecule has 0 radical (unpaired) electrons. The molecule has 0 bridgehead atoms. The minimum Gasteiger partial charge on any atom is -0.378 e. The van der Waals surface area contributed by atoms with E-state index in [4.69, 9.17) is 4.74 Å². The molecule has 0 spiro atoms. The highest BCUT2D eigenvalue weighted by Gasteiger charge is 2.21. The third-order valence-corrected chi connectivity index (χ3v) is 3.45. The van der Waals surface area contributed by atoms with Crippen molar-refractivity contribution in [2.24, 2.45) is 0 Å². The van der Waals surface area contributed by atoms with Gasteiger partial charge in [-0.3, -0.25) is 0 Å². The van der Waals surface area contributed by atoms with Crippen molar-refractivity contribution in [2.45, 2.75) is 45.3 Å². The van der Waals surface area contributed by atoms with Crippen LogP contribution in [0.1, 0.15) is 43.4 Å². The van der Waals surface area contributed by atoms with Gasteiger partial charge < -0.3 is 10.1 Å². The first-order valence-electron chi connectivity index (χ1n) is 6.71. The Balaban J connectivity index is 2.02. The van der Waals surface area contributed by atoms with Crippen molar-refractivity contribution < 1.29 is 4.74 Å². The van der Waals surface area contributed by atoms with Gasteiger partial charge in [-0.25, -0.2) is 0 Å². The van der Waals surface area contributed by atoms with Crippen molar-refractivity contribution in [1.29, 1.82) is 0 Å². The van der Waals surface area contributed by atoms with Gasteiger partial charge in [-0.05, 0) is 38.3 Å². The number of nitrogens with one attached hydrogen (secondary N) is 1. The van der Waals surface area contributed by atoms with Crippen LogP contribution in [-0.4, -0.2) is 19.3 Å². The summed E-state index contributed by atoms with van der Waals surface area (Å²) in [6.07, 6.45) is 3.97.